The van der Waals surface area contributed by atoms with Gasteiger partial charge in [0, 0.05) is 46.0 Å². The first kappa shape index (κ1) is 18.3. The third-order valence-electron chi connectivity index (χ3n) is 2.74. The van der Waals surface area contributed by atoms with Gasteiger partial charge in [-0.25, -0.2) is 0 Å². The lowest BCUT2D eigenvalue weighted by atomic mass is 10.3. The summed E-state index contributed by atoms with van der Waals surface area (Å²) >= 11 is 0. The average molecular weight is 290 g/mol. The topological polar surface area (TPSA) is 68.8 Å². The fourth-order valence-electron chi connectivity index (χ4n) is 1.53. The van der Waals surface area contributed by atoms with Crippen molar-refractivity contribution < 1.29 is 18.1 Å². The van der Waals surface area contributed by atoms with Crippen molar-refractivity contribution in [3.8, 4) is 0 Å². The number of rotatable bonds is 11. The molecule has 0 aliphatic heterocycles. The summed E-state index contributed by atoms with van der Waals surface area (Å²) < 4.78 is 16.0. The first-order valence-corrected chi connectivity index (χ1v) is 8.24. The Kier molecular flexibility index (Phi) is 9.71. The summed E-state index contributed by atoms with van der Waals surface area (Å²) in [6.07, 6.45) is 0.899. The van der Waals surface area contributed by atoms with Crippen molar-refractivity contribution in [3.63, 3.8) is 0 Å². The van der Waals surface area contributed by atoms with Gasteiger partial charge in [0.05, 0.1) is 0 Å². The lowest BCUT2D eigenvalue weighted by Gasteiger charge is -2.24. The Balaban J connectivity index is 3.60. The summed E-state index contributed by atoms with van der Waals surface area (Å²) in [7, 11) is 2.39. The maximum atomic E-state index is 11.2. The highest BCUT2D eigenvalue weighted by Gasteiger charge is 2.36. The van der Waals surface area contributed by atoms with E-state index in [1.54, 1.807) is 28.3 Å². The van der Waals surface area contributed by atoms with Gasteiger partial charge >= 0.3 is 8.80 Å². The Morgan fingerprint density at radius 3 is 2.16 bits per heavy atom. The van der Waals surface area contributed by atoms with Gasteiger partial charge in [-0.05, 0) is 19.9 Å². The molecule has 0 spiro atoms. The zero-order valence-electron chi connectivity index (χ0n) is 12.4. The highest BCUT2D eigenvalue weighted by atomic mass is 28.4. The van der Waals surface area contributed by atoms with Crippen LogP contribution in [0.15, 0.2) is 12.2 Å². The molecule has 7 heteroatoms. The largest absolute Gasteiger partial charge is 0.500 e. The molecule has 0 heterocycles. The Labute approximate surface area is 116 Å². The van der Waals surface area contributed by atoms with Crippen molar-refractivity contribution in [2.45, 2.75) is 19.4 Å². The van der Waals surface area contributed by atoms with E-state index in [1.807, 2.05) is 0 Å². The standard InChI is InChI=1S/C12H26N2O4Si/c1-11(2)12(15)14-9-8-13-7-6-10-19(16-3,17-4)18-5/h13H,1,6-10H2,2-5H3,(H,14,15). The van der Waals surface area contributed by atoms with Crippen LogP contribution >= 0.6 is 0 Å². The summed E-state index contributed by atoms with van der Waals surface area (Å²) in [4.78, 5) is 11.2. The van der Waals surface area contributed by atoms with Gasteiger partial charge in [-0.15, -0.1) is 0 Å². The molecule has 0 atom stereocenters. The number of nitrogens with one attached hydrogen (secondary N) is 2. The predicted octanol–water partition coefficient (Wildman–Crippen LogP) is 0.537. The van der Waals surface area contributed by atoms with Crippen LogP contribution in [0.5, 0.6) is 0 Å². The number of hydrogen-bond donors (Lipinski definition) is 2. The molecule has 19 heavy (non-hydrogen) atoms. The first-order valence-electron chi connectivity index (χ1n) is 6.31. The Morgan fingerprint density at radius 1 is 1.11 bits per heavy atom. The van der Waals surface area contributed by atoms with Crippen molar-refractivity contribution in [1.82, 2.24) is 10.6 Å². The summed E-state index contributed by atoms with van der Waals surface area (Å²) in [5, 5.41) is 5.99. The van der Waals surface area contributed by atoms with Gasteiger partial charge < -0.3 is 23.9 Å². The van der Waals surface area contributed by atoms with Gasteiger partial charge in [0.2, 0.25) is 5.91 Å². The van der Waals surface area contributed by atoms with E-state index >= 15 is 0 Å². The zero-order valence-corrected chi connectivity index (χ0v) is 13.4. The molecule has 0 aromatic heterocycles. The minimum absolute atomic E-state index is 0.105. The summed E-state index contributed by atoms with van der Waals surface area (Å²) in [5.74, 6) is -0.105. The molecule has 0 saturated heterocycles. The molecule has 0 aliphatic rings. The summed E-state index contributed by atoms with van der Waals surface area (Å²) in [6.45, 7) is 7.40. The van der Waals surface area contributed by atoms with Crippen LogP contribution < -0.4 is 10.6 Å². The van der Waals surface area contributed by atoms with E-state index in [4.69, 9.17) is 13.3 Å². The van der Waals surface area contributed by atoms with Gasteiger partial charge in [-0.1, -0.05) is 6.58 Å². The Morgan fingerprint density at radius 2 is 1.68 bits per heavy atom. The SMILES string of the molecule is C=C(C)C(=O)NCCNCCC[Si](OC)(OC)OC. The van der Waals surface area contributed by atoms with Gasteiger partial charge in [-0.3, -0.25) is 4.79 Å². The molecule has 112 valence electrons. The van der Waals surface area contributed by atoms with E-state index in [1.165, 1.54) is 0 Å². The predicted molar refractivity (Wildman–Crippen MR) is 76.9 cm³/mol. The molecular formula is C12H26N2O4Si. The van der Waals surface area contributed by atoms with Gasteiger partial charge in [-0.2, -0.15) is 0 Å². The molecule has 2 N–H and O–H groups in total. The zero-order chi connectivity index (χ0) is 14.7. The van der Waals surface area contributed by atoms with Crippen molar-refractivity contribution in [2.24, 2.45) is 0 Å². The molecule has 0 fully saturated rings. The molecule has 0 aliphatic carbocycles. The molecule has 0 saturated carbocycles. The lowest BCUT2D eigenvalue weighted by molar-refractivity contribution is -0.117. The number of amides is 1. The van der Waals surface area contributed by atoms with Crippen LogP contribution in [0.25, 0.3) is 0 Å². The number of carbonyl (C=O) groups is 1. The average Bonchev–Trinajstić information content (AvgIpc) is 2.42. The lowest BCUT2D eigenvalue weighted by Crippen LogP contribution is -2.43. The molecule has 0 rings (SSSR count). The van der Waals surface area contributed by atoms with Gasteiger partial charge in [0.1, 0.15) is 0 Å². The van der Waals surface area contributed by atoms with E-state index in [9.17, 15) is 4.79 Å². The van der Waals surface area contributed by atoms with Crippen molar-refractivity contribution in [1.29, 1.82) is 0 Å². The van der Waals surface area contributed by atoms with E-state index in [0.717, 1.165) is 25.6 Å². The maximum absolute atomic E-state index is 11.2. The van der Waals surface area contributed by atoms with Crippen LogP contribution in [-0.2, 0) is 18.1 Å². The van der Waals surface area contributed by atoms with E-state index < -0.39 is 8.80 Å². The van der Waals surface area contributed by atoms with Crippen LogP contribution in [0.1, 0.15) is 13.3 Å². The summed E-state index contributed by atoms with van der Waals surface area (Å²) in [6, 6.07) is 0.766. The quantitative estimate of drug-likeness (QED) is 0.330. The van der Waals surface area contributed by atoms with Crippen LogP contribution in [0.4, 0.5) is 0 Å². The third kappa shape index (κ3) is 7.43. The third-order valence-corrected chi connectivity index (χ3v) is 5.58. The first-order chi connectivity index (χ1) is 9.01. The molecule has 1 amide bonds. The minimum atomic E-state index is -2.44. The van der Waals surface area contributed by atoms with Crippen molar-refractivity contribution in [3.05, 3.63) is 12.2 Å². The van der Waals surface area contributed by atoms with Gasteiger partial charge in [0.15, 0.2) is 0 Å². The number of hydrogen-bond acceptors (Lipinski definition) is 5. The molecule has 6 nitrogen and oxygen atoms in total. The Bertz CT molecular complexity index is 275. The summed E-state index contributed by atoms with van der Waals surface area (Å²) in [5.41, 5.74) is 0.524. The van der Waals surface area contributed by atoms with Crippen LogP contribution in [0.2, 0.25) is 6.04 Å². The van der Waals surface area contributed by atoms with E-state index in [-0.39, 0.29) is 5.91 Å². The smallest absolute Gasteiger partial charge is 0.377 e. The van der Waals surface area contributed by atoms with Crippen molar-refractivity contribution >= 4 is 14.7 Å². The molecule has 0 radical (unpaired) electrons. The highest BCUT2D eigenvalue weighted by molar-refractivity contribution is 6.60. The molecule has 0 unspecified atom stereocenters. The van der Waals surface area contributed by atoms with E-state index in [0.29, 0.717) is 12.1 Å². The molecular weight excluding hydrogens is 264 g/mol. The second-order valence-electron chi connectivity index (χ2n) is 4.19. The van der Waals surface area contributed by atoms with Crippen LogP contribution in [-0.4, -0.2) is 55.7 Å². The maximum Gasteiger partial charge on any atom is 0.500 e. The second kappa shape index (κ2) is 10.1. The normalized spacial score (nSPS) is 11.4. The van der Waals surface area contributed by atoms with E-state index in [2.05, 4.69) is 17.2 Å². The molecule has 0 bridgehead atoms. The second-order valence-corrected chi connectivity index (χ2v) is 7.28. The van der Waals surface area contributed by atoms with Crippen LogP contribution in [0, 0.1) is 0 Å². The minimum Gasteiger partial charge on any atom is -0.377 e. The fraction of sp³-hybridized carbons (Fsp3) is 0.750. The highest BCUT2D eigenvalue weighted by Crippen LogP contribution is 2.14. The Hall–Kier alpha value is -0.733. The van der Waals surface area contributed by atoms with Crippen molar-refractivity contribution in [2.75, 3.05) is 41.0 Å². The monoisotopic (exact) mass is 290 g/mol. The molecule has 0 aromatic rings. The fourth-order valence-corrected chi connectivity index (χ4v) is 3.25. The number of carbonyl (C=O) groups excluding carboxylic acids is 1. The van der Waals surface area contributed by atoms with Crippen LogP contribution in [0.3, 0.4) is 0 Å². The van der Waals surface area contributed by atoms with Gasteiger partial charge in [0.25, 0.3) is 0 Å². The molecule has 0 aromatic carbocycles.